The zero-order valence-corrected chi connectivity index (χ0v) is 20.1. The third kappa shape index (κ3) is 7.86. The van der Waals surface area contributed by atoms with Crippen LogP contribution in [-0.4, -0.2) is 30.2 Å². The van der Waals surface area contributed by atoms with Crippen molar-refractivity contribution >= 4 is 22.6 Å². The van der Waals surface area contributed by atoms with Crippen molar-refractivity contribution in [1.82, 2.24) is 0 Å². The summed E-state index contributed by atoms with van der Waals surface area (Å²) >= 11 is 2.22. The van der Waals surface area contributed by atoms with E-state index in [1.54, 1.807) is 0 Å². The first kappa shape index (κ1) is 24.7. The normalized spacial score (nSPS) is 12.8. The smallest absolute Gasteiger partial charge is 0.119 e. The molecule has 0 spiro atoms. The van der Waals surface area contributed by atoms with Crippen LogP contribution in [0.3, 0.4) is 0 Å². The van der Waals surface area contributed by atoms with Crippen LogP contribution in [0.25, 0.3) is 20.9 Å². The van der Waals surface area contributed by atoms with Gasteiger partial charge in [-0.25, -0.2) is 0 Å². The fourth-order valence-electron chi connectivity index (χ4n) is 2.93. The fourth-order valence-corrected chi connectivity index (χ4v) is 3.29. The molecule has 0 radical (unpaired) electrons. The molecule has 2 rings (SSSR count). The molecule has 0 amide bonds. The Morgan fingerprint density at radius 3 is 1.77 bits per heavy atom. The molecule has 0 aliphatic rings. The van der Waals surface area contributed by atoms with E-state index in [0.717, 1.165) is 11.5 Å². The summed E-state index contributed by atoms with van der Waals surface area (Å²) < 4.78 is 11.7. The van der Waals surface area contributed by atoms with Gasteiger partial charge in [0.25, 0.3) is 0 Å². The van der Waals surface area contributed by atoms with Crippen molar-refractivity contribution in [3.8, 4) is 11.5 Å². The molecule has 0 N–H and O–H groups in total. The van der Waals surface area contributed by atoms with Crippen LogP contribution < -0.4 is 9.47 Å². The van der Waals surface area contributed by atoms with E-state index >= 15 is 0 Å². The Bertz CT molecular complexity index is 845. The number of benzene rings is 2. The molecule has 31 heavy (non-hydrogen) atoms. The lowest BCUT2D eigenvalue weighted by atomic mass is 9.78. The number of rotatable bonds is 12. The summed E-state index contributed by atoms with van der Waals surface area (Å²) in [6.07, 6.45) is 0. The van der Waals surface area contributed by atoms with E-state index in [0.29, 0.717) is 26.3 Å². The quantitative estimate of drug-likeness (QED) is 0.0976. The van der Waals surface area contributed by atoms with Gasteiger partial charge in [-0.05, 0) is 52.4 Å². The van der Waals surface area contributed by atoms with E-state index in [1.807, 2.05) is 31.2 Å². The molecule has 9 heteroatoms. The highest BCUT2D eigenvalue weighted by Crippen LogP contribution is 2.33. The van der Waals surface area contributed by atoms with Gasteiger partial charge in [-0.1, -0.05) is 77.9 Å². The molecule has 0 aromatic heterocycles. The number of nitrogens with zero attached hydrogens (tertiary/aromatic N) is 6. The molecule has 0 bridgehead atoms. The maximum atomic E-state index is 8.39. The maximum absolute atomic E-state index is 8.39. The van der Waals surface area contributed by atoms with E-state index in [-0.39, 0.29) is 15.3 Å². The van der Waals surface area contributed by atoms with Crippen LogP contribution in [0, 0.1) is 5.92 Å². The third-order valence-corrected chi connectivity index (χ3v) is 5.67. The van der Waals surface area contributed by atoms with Gasteiger partial charge in [0.05, 0.1) is 10.5 Å². The predicted molar refractivity (Wildman–Crippen MR) is 131 cm³/mol. The van der Waals surface area contributed by atoms with E-state index in [4.69, 9.17) is 20.5 Å². The van der Waals surface area contributed by atoms with Crippen LogP contribution in [-0.2, 0) is 5.41 Å². The number of alkyl halides is 1. The van der Waals surface area contributed by atoms with Crippen molar-refractivity contribution in [2.45, 2.75) is 30.1 Å². The second-order valence-electron chi connectivity index (χ2n) is 7.83. The first-order valence-electron chi connectivity index (χ1n) is 9.99. The monoisotopic (exact) mass is 534 g/mol. The fraction of sp³-hybridized carbons (Fsp3) is 0.455. The Morgan fingerprint density at radius 2 is 1.29 bits per heavy atom. The maximum Gasteiger partial charge on any atom is 0.119 e. The van der Waals surface area contributed by atoms with Gasteiger partial charge in [-0.3, -0.25) is 0 Å². The summed E-state index contributed by atoms with van der Waals surface area (Å²) in [7, 11) is 0. The van der Waals surface area contributed by atoms with Crippen molar-refractivity contribution in [1.29, 1.82) is 0 Å². The molecular formula is C22H27IN6O2. The van der Waals surface area contributed by atoms with Gasteiger partial charge < -0.3 is 9.47 Å². The van der Waals surface area contributed by atoms with Crippen LogP contribution in [0.15, 0.2) is 58.8 Å². The van der Waals surface area contributed by atoms with Gasteiger partial charge in [-0.15, -0.1) is 0 Å². The van der Waals surface area contributed by atoms with Gasteiger partial charge in [0.1, 0.15) is 18.1 Å². The molecule has 2 unspecified atom stereocenters. The zero-order chi connectivity index (χ0) is 22.7. The SMILES string of the molecule is CC(CN=[N+]=[N-])COc1ccc(C(C)(C)c2ccc(OCC(I)CN=[N+]=[N-])cc2)cc1. The van der Waals surface area contributed by atoms with Gasteiger partial charge in [0.15, 0.2) is 0 Å². The minimum absolute atomic E-state index is 0.132. The molecule has 2 aromatic rings. The lowest BCUT2D eigenvalue weighted by molar-refractivity contribution is 0.264. The average molecular weight is 534 g/mol. The highest BCUT2D eigenvalue weighted by molar-refractivity contribution is 14.1. The summed E-state index contributed by atoms with van der Waals surface area (Å²) in [4.78, 5) is 5.55. The summed E-state index contributed by atoms with van der Waals surface area (Å²) in [5.74, 6) is 1.75. The van der Waals surface area contributed by atoms with E-state index in [1.165, 1.54) is 11.1 Å². The average Bonchev–Trinajstić information content (AvgIpc) is 2.79. The van der Waals surface area contributed by atoms with Crippen LogP contribution >= 0.6 is 22.6 Å². The molecule has 164 valence electrons. The molecule has 0 aliphatic heterocycles. The highest BCUT2D eigenvalue weighted by atomic mass is 127. The van der Waals surface area contributed by atoms with Crippen LogP contribution in [0.5, 0.6) is 11.5 Å². The van der Waals surface area contributed by atoms with E-state index in [2.05, 4.69) is 80.8 Å². The second kappa shape index (κ2) is 12.3. The van der Waals surface area contributed by atoms with Crippen molar-refractivity contribution in [2.24, 2.45) is 16.1 Å². The Labute approximate surface area is 196 Å². The molecular weight excluding hydrogens is 507 g/mol. The molecule has 0 aliphatic carbocycles. The van der Waals surface area contributed by atoms with E-state index < -0.39 is 0 Å². The van der Waals surface area contributed by atoms with Gasteiger partial charge in [0, 0.05) is 28.3 Å². The standard InChI is InChI=1S/C22H27IN6O2/c1-16(12-26-28-24)14-30-20-8-4-17(5-9-20)22(2,3)18-6-10-21(11-7-18)31-15-19(23)13-27-29-25/h4-11,16,19H,12-15H2,1-3H3. The molecule has 2 atom stereocenters. The lowest BCUT2D eigenvalue weighted by Crippen LogP contribution is -2.19. The zero-order valence-electron chi connectivity index (χ0n) is 18.0. The number of hydrogen-bond donors (Lipinski definition) is 0. The number of azide groups is 2. The summed E-state index contributed by atoms with van der Waals surface area (Å²) in [5.41, 5.74) is 18.9. The predicted octanol–water partition coefficient (Wildman–Crippen LogP) is 6.83. The Hall–Kier alpha value is -2.61. The van der Waals surface area contributed by atoms with Crippen molar-refractivity contribution < 1.29 is 9.47 Å². The molecule has 0 saturated heterocycles. The topological polar surface area (TPSA) is 116 Å². The molecule has 8 nitrogen and oxygen atoms in total. The number of ether oxygens (including phenoxy) is 2. The molecule has 2 aromatic carbocycles. The minimum atomic E-state index is -0.181. The first-order chi connectivity index (χ1) is 14.9. The van der Waals surface area contributed by atoms with Gasteiger partial charge in [0.2, 0.25) is 0 Å². The van der Waals surface area contributed by atoms with Gasteiger partial charge >= 0.3 is 0 Å². The lowest BCUT2D eigenvalue weighted by Gasteiger charge is -2.26. The second-order valence-corrected chi connectivity index (χ2v) is 9.59. The van der Waals surface area contributed by atoms with Gasteiger partial charge in [-0.2, -0.15) is 0 Å². The van der Waals surface area contributed by atoms with Crippen molar-refractivity contribution in [3.05, 3.63) is 80.5 Å². The van der Waals surface area contributed by atoms with Crippen LogP contribution in [0.2, 0.25) is 0 Å². The Balaban J connectivity index is 1.97. The summed E-state index contributed by atoms with van der Waals surface area (Å²) in [6.45, 7) is 8.18. The number of hydrogen-bond acceptors (Lipinski definition) is 4. The molecule has 0 saturated carbocycles. The number of halogens is 1. The third-order valence-electron chi connectivity index (χ3n) is 4.92. The highest BCUT2D eigenvalue weighted by Gasteiger charge is 2.23. The molecule has 0 heterocycles. The van der Waals surface area contributed by atoms with Crippen molar-refractivity contribution in [2.75, 3.05) is 26.3 Å². The van der Waals surface area contributed by atoms with Crippen LogP contribution in [0.1, 0.15) is 31.9 Å². The summed E-state index contributed by atoms with van der Waals surface area (Å²) in [6, 6.07) is 16.2. The van der Waals surface area contributed by atoms with E-state index in [9.17, 15) is 0 Å². The Morgan fingerprint density at radius 1 is 0.839 bits per heavy atom. The summed E-state index contributed by atoms with van der Waals surface area (Å²) in [5, 5.41) is 7.15. The van der Waals surface area contributed by atoms with Crippen LogP contribution in [0.4, 0.5) is 0 Å². The largest absolute Gasteiger partial charge is 0.493 e. The first-order valence-corrected chi connectivity index (χ1v) is 11.2. The van der Waals surface area contributed by atoms with Crippen molar-refractivity contribution in [3.63, 3.8) is 0 Å². The Kier molecular flexibility index (Phi) is 9.78. The molecule has 0 fully saturated rings. The minimum Gasteiger partial charge on any atom is -0.493 e.